The Balaban J connectivity index is 2.31. The maximum atomic E-state index is 11.0. The van der Waals surface area contributed by atoms with Gasteiger partial charge < -0.3 is 5.11 Å². The van der Waals surface area contributed by atoms with Gasteiger partial charge in [0.2, 0.25) is 0 Å². The Labute approximate surface area is 105 Å². The van der Waals surface area contributed by atoms with E-state index in [9.17, 15) is 4.79 Å². The van der Waals surface area contributed by atoms with Gasteiger partial charge in [-0.3, -0.25) is 0 Å². The second-order valence-electron chi connectivity index (χ2n) is 2.75. The van der Waals surface area contributed by atoms with Crippen LogP contribution in [0, 0.1) is 0 Å². The molecule has 1 aromatic heterocycles. The first kappa shape index (κ1) is 11.4. The number of carbonyl (C=O) groups is 1. The Morgan fingerprint density at radius 1 is 1.38 bits per heavy atom. The molecule has 0 aliphatic carbocycles. The molecule has 1 aromatic carbocycles. The van der Waals surface area contributed by atoms with Crippen molar-refractivity contribution < 1.29 is 9.90 Å². The van der Waals surface area contributed by atoms with Gasteiger partial charge in [0, 0.05) is 4.90 Å². The maximum absolute atomic E-state index is 11.0. The monoisotopic (exact) mass is 270 g/mol. The molecule has 0 aliphatic rings. The van der Waals surface area contributed by atoms with E-state index in [4.69, 9.17) is 5.11 Å². The van der Waals surface area contributed by atoms with Crippen LogP contribution in [0.15, 0.2) is 37.8 Å². The van der Waals surface area contributed by atoms with Gasteiger partial charge in [-0.2, -0.15) is 0 Å². The second kappa shape index (κ2) is 4.86. The highest BCUT2D eigenvalue weighted by Gasteiger charge is 2.12. The van der Waals surface area contributed by atoms with Crippen molar-refractivity contribution in [1.82, 2.24) is 10.2 Å². The van der Waals surface area contributed by atoms with E-state index in [-0.39, 0.29) is 5.56 Å². The summed E-state index contributed by atoms with van der Waals surface area (Å²) in [5, 5.41) is 16.6. The molecule has 0 atom stereocenters. The van der Waals surface area contributed by atoms with Crippen LogP contribution in [-0.2, 0) is 0 Å². The van der Waals surface area contributed by atoms with Crippen LogP contribution in [0.4, 0.5) is 0 Å². The van der Waals surface area contributed by atoms with Crippen molar-refractivity contribution in [3.05, 3.63) is 29.8 Å². The zero-order valence-corrected chi connectivity index (χ0v) is 10.4. The number of hydrogen-bond acceptors (Lipinski definition) is 6. The van der Waals surface area contributed by atoms with Gasteiger partial charge in [0.25, 0.3) is 0 Å². The normalized spacial score (nSPS) is 10.3. The minimum absolute atomic E-state index is 0.267. The summed E-state index contributed by atoms with van der Waals surface area (Å²) in [5.74, 6) is -0.946. The Bertz CT molecular complexity index is 527. The van der Waals surface area contributed by atoms with Gasteiger partial charge in [-0.25, -0.2) is 4.79 Å². The van der Waals surface area contributed by atoms with Crippen molar-refractivity contribution in [2.24, 2.45) is 0 Å². The van der Waals surface area contributed by atoms with Crippen LogP contribution >= 0.6 is 35.7 Å². The highest BCUT2D eigenvalue weighted by atomic mass is 32.2. The van der Waals surface area contributed by atoms with Gasteiger partial charge >= 0.3 is 5.97 Å². The molecule has 0 amide bonds. The van der Waals surface area contributed by atoms with Gasteiger partial charge in [0.1, 0.15) is 0 Å². The lowest BCUT2D eigenvalue weighted by Gasteiger charge is -2.01. The lowest BCUT2D eigenvalue weighted by atomic mass is 10.2. The molecule has 0 unspecified atom stereocenters. The summed E-state index contributed by atoms with van der Waals surface area (Å²) in [6, 6.07) is 6.79. The number of aromatic nitrogens is 2. The molecule has 1 N–H and O–H groups in total. The van der Waals surface area contributed by atoms with E-state index >= 15 is 0 Å². The zero-order valence-electron chi connectivity index (χ0n) is 7.82. The van der Waals surface area contributed by atoms with Crippen LogP contribution in [-0.4, -0.2) is 21.3 Å². The molecule has 0 spiro atoms. The molecule has 4 nitrogen and oxygen atoms in total. The molecule has 16 heavy (non-hydrogen) atoms. The number of aromatic carboxylic acids is 1. The first-order valence-electron chi connectivity index (χ1n) is 4.19. The largest absolute Gasteiger partial charge is 0.478 e. The average molecular weight is 270 g/mol. The standard InChI is InChI=1S/C9H6N2O2S3/c12-7(13)5-3-1-2-4-6(5)15-9-11-10-8(14)16-9/h1-4H,(H,10,14)(H,12,13). The van der Waals surface area contributed by atoms with E-state index in [1.165, 1.54) is 23.1 Å². The van der Waals surface area contributed by atoms with E-state index in [1.54, 1.807) is 24.3 Å². The summed E-state index contributed by atoms with van der Waals surface area (Å²) in [5.41, 5.74) is 0.267. The SMILES string of the molecule is O=C(O)c1ccccc1Sc1nnc(S)s1. The Morgan fingerprint density at radius 3 is 2.75 bits per heavy atom. The van der Waals surface area contributed by atoms with Gasteiger partial charge in [-0.05, 0) is 12.1 Å². The third-order valence-corrected chi connectivity index (χ3v) is 3.93. The Kier molecular flexibility index (Phi) is 3.47. The van der Waals surface area contributed by atoms with Gasteiger partial charge in [0.05, 0.1) is 5.56 Å². The van der Waals surface area contributed by atoms with Crippen molar-refractivity contribution >= 4 is 41.7 Å². The molecular formula is C9H6N2O2S3. The third kappa shape index (κ3) is 2.55. The smallest absolute Gasteiger partial charge is 0.336 e. The highest BCUT2D eigenvalue weighted by molar-refractivity contribution is 8.01. The summed E-state index contributed by atoms with van der Waals surface area (Å²) in [4.78, 5) is 11.6. The predicted molar refractivity (Wildman–Crippen MR) is 64.7 cm³/mol. The fraction of sp³-hybridized carbons (Fsp3) is 0. The van der Waals surface area contributed by atoms with E-state index in [2.05, 4.69) is 22.8 Å². The first-order chi connectivity index (χ1) is 7.66. The van der Waals surface area contributed by atoms with Crippen LogP contribution in [0.2, 0.25) is 0 Å². The summed E-state index contributed by atoms with van der Waals surface area (Å²) in [6.07, 6.45) is 0. The van der Waals surface area contributed by atoms with Crippen molar-refractivity contribution in [3.8, 4) is 0 Å². The number of thiol groups is 1. The first-order valence-corrected chi connectivity index (χ1v) is 6.27. The summed E-state index contributed by atoms with van der Waals surface area (Å²) in [7, 11) is 0. The fourth-order valence-corrected chi connectivity index (χ4v) is 3.23. The van der Waals surface area contributed by atoms with Crippen molar-refractivity contribution in [3.63, 3.8) is 0 Å². The lowest BCUT2D eigenvalue weighted by Crippen LogP contribution is -1.97. The van der Waals surface area contributed by atoms with Crippen molar-refractivity contribution in [2.45, 2.75) is 13.6 Å². The van der Waals surface area contributed by atoms with Gasteiger partial charge in [-0.15, -0.1) is 22.8 Å². The minimum Gasteiger partial charge on any atom is -0.478 e. The number of benzene rings is 1. The molecule has 0 saturated carbocycles. The molecule has 82 valence electrons. The number of hydrogen-bond donors (Lipinski definition) is 2. The van der Waals surface area contributed by atoms with Crippen LogP contribution in [0.1, 0.15) is 10.4 Å². The molecular weight excluding hydrogens is 264 g/mol. The summed E-state index contributed by atoms with van der Waals surface area (Å²) >= 11 is 6.65. The second-order valence-corrected chi connectivity index (χ2v) is 5.75. The summed E-state index contributed by atoms with van der Waals surface area (Å²) in [6.45, 7) is 0. The van der Waals surface area contributed by atoms with Gasteiger partial charge in [-0.1, -0.05) is 35.2 Å². The van der Waals surface area contributed by atoms with Crippen LogP contribution < -0.4 is 0 Å². The third-order valence-electron chi connectivity index (χ3n) is 1.71. The molecule has 2 rings (SSSR count). The fourth-order valence-electron chi connectivity index (χ4n) is 1.07. The quantitative estimate of drug-likeness (QED) is 0.840. The lowest BCUT2D eigenvalue weighted by molar-refractivity contribution is 0.0693. The van der Waals surface area contributed by atoms with E-state index in [0.29, 0.717) is 13.6 Å². The minimum atomic E-state index is -0.946. The number of carboxylic acid groups (broad SMARTS) is 1. The molecule has 0 radical (unpaired) electrons. The maximum Gasteiger partial charge on any atom is 0.336 e. The molecule has 1 heterocycles. The van der Waals surface area contributed by atoms with E-state index in [1.807, 2.05) is 0 Å². The number of nitrogens with zero attached hydrogens (tertiary/aromatic N) is 2. The van der Waals surface area contributed by atoms with Crippen molar-refractivity contribution in [1.29, 1.82) is 0 Å². The Morgan fingerprint density at radius 2 is 2.12 bits per heavy atom. The molecule has 0 aliphatic heterocycles. The Hall–Kier alpha value is -1.05. The average Bonchev–Trinajstić information content (AvgIpc) is 2.64. The molecule has 0 fully saturated rings. The topological polar surface area (TPSA) is 63.1 Å². The number of carboxylic acids is 1. The van der Waals surface area contributed by atoms with Gasteiger partial charge in [0.15, 0.2) is 8.68 Å². The summed E-state index contributed by atoms with van der Waals surface area (Å²) < 4.78 is 1.24. The highest BCUT2D eigenvalue weighted by Crippen LogP contribution is 2.33. The van der Waals surface area contributed by atoms with Crippen LogP contribution in [0.25, 0.3) is 0 Å². The molecule has 2 aromatic rings. The zero-order chi connectivity index (χ0) is 11.5. The van der Waals surface area contributed by atoms with E-state index in [0.717, 1.165) is 0 Å². The van der Waals surface area contributed by atoms with Crippen LogP contribution in [0.5, 0.6) is 0 Å². The van der Waals surface area contributed by atoms with Crippen LogP contribution in [0.3, 0.4) is 0 Å². The van der Waals surface area contributed by atoms with E-state index < -0.39 is 5.97 Å². The number of rotatable bonds is 3. The molecule has 0 bridgehead atoms. The van der Waals surface area contributed by atoms with Crippen molar-refractivity contribution in [2.75, 3.05) is 0 Å². The predicted octanol–water partition coefficient (Wildman–Crippen LogP) is 2.68. The molecule has 7 heteroatoms. The molecule has 0 saturated heterocycles.